The second kappa shape index (κ2) is 6.32. The molecule has 6 nitrogen and oxygen atoms in total. The molecule has 0 amide bonds. The zero-order valence-corrected chi connectivity index (χ0v) is 12.5. The summed E-state index contributed by atoms with van der Waals surface area (Å²) in [6.07, 6.45) is 0.772. The lowest BCUT2D eigenvalue weighted by molar-refractivity contribution is 0.171. The highest BCUT2D eigenvalue weighted by Gasteiger charge is 2.11. The largest absolute Gasteiger partial charge is 0.486 e. The third-order valence-electron chi connectivity index (χ3n) is 2.93. The molecule has 1 N–H and O–H groups in total. The highest BCUT2D eigenvalue weighted by atomic mass is 35.5. The number of rotatable bonds is 4. The normalized spacial score (nSPS) is 13.0. The number of halogens is 2. The Morgan fingerprint density at radius 1 is 1.10 bits per heavy atom. The van der Waals surface area contributed by atoms with Crippen LogP contribution in [0.1, 0.15) is 5.56 Å². The maximum absolute atomic E-state index is 5.88. The summed E-state index contributed by atoms with van der Waals surface area (Å²) in [5.41, 5.74) is 1.12. The van der Waals surface area contributed by atoms with Crippen molar-refractivity contribution in [3.05, 3.63) is 34.2 Å². The zero-order chi connectivity index (χ0) is 14.7. The Labute approximate surface area is 131 Å². The van der Waals surface area contributed by atoms with Gasteiger partial charge in [0.05, 0.1) is 0 Å². The number of nitrogens with one attached hydrogen (secondary N) is 1. The molecule has 2 heterocycles. The lowest BCUT2D eigenvalue weighted by atomic mass is 10.1. The van der Waals surface area contributed by atoms with Gasteiger partial charge in [0.1, 0.15) is 13.2 Å². The van der Waals surface area contributed by atoms with E-state index in [1.165, 1.54) is 0 Å². The van der Waals surface area contributed by atoms with E-state index in [1.54, 1.807) is 0 Å². The molecule has 0 saturated heterocycles. The summed E-state index contributed by atoms with van der Waals surface area (Å²) >= 11 is 11.6. The number of benzene rings is 1. The van der Waals surface area contributed by atoms with Crippen LogP contribution < -0.4 is 14.8 Å². The average Bonchev–Trinajstić information content (AvgIpc) is 2.50. The fourth-order valence-electron chi connectivity index (χ4n) is 1.97. The first kappa shape index (κ1) is 14.2. The highest BCUT2D eigenvalue weighted by molar-refractivity contribution is 6.32. The van der Waals surface area contributed by atoms with Crippen molar-refractivity contribution >= 4 is 29.0 Å². The molecule has 2 aromatic rings. The summed E-state index contributed by atoms with van der Waals surface area (Å²) in [6.45, 7) is 1.80. The SMILES string of the molecule is Clc1nnc(Cl)c(NCCc2ccc3c(c2)OCCO3)n1. The van der Waals surface area contributed by atoms with Crippen LogP contribution in [-0.4, -0.2) is 34.9 Å². The van der Waals surface area contributed by atoms with E-state index < -0.39 is 0 Å². The van der Waals surface area contributed by atoms with Gasteiger partial charge in [-0.2, -0.15) is 4.98 Å². The number of nitrogens with zero attached hydrogens (tertiary/aromatic N) is 3. The van der Waals surface area contributed by atoms with Crippen molar-refractivity contribution in [3.8, 4) is 11.5 Å². The zero-order valence-electron chi connectivity index (χ0n) is 11.0. The van der Waals surface area contributed by atoms with Gasteiger partial charge in [0.15, 0.2) is 22.5 Å². The molecule has 110 valence electrons. The molecule has 0 radical (unpaired) electrons. The molecule has 1 aromatic heterocycles. The van der Waals surface area contributed by atoms with Crippen LogP contribution in [0.3, 0.4) is 0 Å². The number of hydrogen-bond acceptors (Lipinski definition) is 6. The summed E-state index contributed by atoms with van der Waals surface area (Å²) in [5.74, 6) is 1.99. The predicted molar refractivity (Wildman–Crippen MR) is 79.5 cm³/mol. The Morgan fingerprint density at radius 2 is 1.90 bits per heavy atom. The van der Waals surface area contributed by atoms with Crippen LogP contribution in [0, 0.1) is 0 Å². The fourth-order valence-corrected chi connectivity index (χ4v) is 2.24. The number of aromatic nitrogens is 3. The van der Waals surface area contributed by atoms with E-state index in [1.807, 2.05) is 18.2 Å². The molecule has 0 fully saturated rings. The van der Waals surface area contributed by atoms with E-state index >= 15 is 0 Å². The first-order valence-corrected chi connectivity index (χ1v) is 7.16. The van der Waals surface area contributed by atoms with Gasteiger partial charge in [0.2, 0.25) is 5.28 Å². The molecule has 0 bridgehead atoms. The van der Waals surface area contributed by atoms with E-state index in [2.05, 4.69) is 20.5 Å². The minimum Gasteiger partial charge on any atom is -0.486 e. The van der Waals surface area contributed by atoms with E-state index in [0.717, 1.165) is 23.5 Å². The Hall–Kier alpha value is -1.79. The average molecular weight is 327 g/mol. The summed E-state index contributed by atoms with van der Waals surface area (Å²) in [7, 11) is 0. The van der Waals surface area contributed by atoms with Gasteiger partial charge >= 0.3 is 0 Å². The maximum Gasteiger partial charge on any atom is 0.245 e. The minimum absolute atomic E-state index is 0.0567. The molecular weight excluding hydrogens is 315 g/mol. The van der Waals surface area contributed by atoms with Crippen molar-refractivity contribution in [2.75, 3.05) is 25.1 Å². The summed E-state index contributed by atoms with van der Waals surface area (Å²) < 4.78 is 11.0. The molecule has 0 aliphatic carbocycles. The quantitative estimate of drug-likeness (QED) is 0.931. The Bertz CT molecular complexity index is 654. The first-order valence-electron chi connectivity index (χ1n) is 6.40. The van der Waals surface area contributed by atoms with E-state index in [0.29, 0.717) is 25.6 Å². The maximum atomic E-state index is 5.88. The van der Waals surface area contributed by atoms with Gasteiger partial charge in [-0.25, -0.2) is 0 Å². The van der Waals surface area contributed by atoms with Crippen LogP contribution in [0.15, 0.2) is 18.2 Å². The Balaban J connectivity index is 1.61. The molecule has 0 atom stereocenters. The van der Waals surface area contributed by atoms with E-state index in [9.17, 15) is 0 Å². The third kappa shape index (κ3) is 3.46. The van der Waals surface area contributed by atoms with Crippen LogP contribution in [0.4, 0.5) is 5.82 Å². The smallest absolute Gasteiger partial charge is 0.245 e. The van der Waals surface area contributed by atoms with Crippen molar-refractivity contribution in [3.63, 3.8) is 0 Å². The van der Waals surface area contributed by atoms with Crippen molar-refractivity contribution < 1.29 is 9.47 Å². The molecule has 0 unspecified atom stereocenters. The topological polar surface area (TPSA) is 69.2 Å². The Morgan fingerprint density at radius 3 is 2.76 bits per heavy atom. The standard InChI is InChI=1S/C13H12Cl2N4O2/c14-11-12(17-13(15)19-18-11)16-4-3-8-1-2-9-10(7-8)21-6-5-20-9/h1-2,7H,3-6H2,(H,16,17,19). The molecule has 1 aliphatic rings. The van der Waals surface area contributed by atoms with E-state index in [4.69, 9.17) is 32.7 Å². The van der Waals surface area contributed by atoms with Gasteiger partial charge in [0, 0.05) is 6.54 Å². The number of ether oxygens (including phenoxy) is 2. The number of anilines is 1. The van der Waals surface area contributed by atoms with Crippen molar-refractivity contribution in [1.29, 1.82) is 0 Å². The minimum atomic E-state index is 0.0567. The van der Waals surface area contributed by atoms with Crippen LogP contribution in [0.25, 0.3) is 0 Å². The second-order valence-electron chi connectivity index (χ2n) is 4.38. The molecule has 1 aliphatic heterocycles. The van der Waals surface area contributed by atoms with Crippen LogP contribution in [0.2, 0.25) is 10.4 Å². The number of hydrogen-bond donors (Lipinski definition) is 1. The van der Waals surface area contributed by atoms with Crippen LogP contribution in [0.5, 0.6) is 11.5 Å². The first-order chi connectivity index (χ1) is 10.2. The van der Waals surface area contributed by atoms with Crippen LogP contribution >= 0.6 is 23.2 Å². The predicted octanol–water partition coefficient (Wildman–Crippen LogP) is 2.60. The molecule has 21 heavy (non-hydrogen) atoms. The van der Waals surface area contributed by atoms with Crippen molar-refractivity contribution in [2.24, 2.45) is 0 Å². The van der Waals surface area contributed by atoms with Gasteiger partial charge < -0.3 is 14.8 Å². The molecule has 8 heteroatoms. The number of fused-ring (bicyclic) bond motifs is 1. The van der Waals surface area contributed by atoms with Gasteiger partial charge in [0.25, 0.3) is 0 Å². The lowest BCUT2D eigenvalue weighted by Gasteiger charge is -2.18. The van der Waals surface area contributed by atoms with Crippen molar-refractivity contribution in [1.82, 2.24) is 15.2 Å². The van der Waals surface area contributed by atoms with Gasteiger partial charge in [-0.1, -0.05) is 17.7 Å². The lowest BCUT2D eigenvalue weighted by Crippen LogP contribution is -2.15. The monoisotopic (exact) mass is 326 g/mol. The van der Waals surface area contributed by atoms with Crippen molar-refractivity contribution in [2.45, 2.75) is 6.42 Å². The second-order valence-corrected chi connectivity index (χ2v) is 5.07. The van der Waals surface area contributed by atoms with Gasteiger partial charge in [-0.15, -0.1) is 10.2 Å². The molecular formula is C13H12Cl2N4O2. The molecule has 1 aromatic carbocycles. The summed E-state index contributed by atoms with van der Waals surface area (Å²) in [5, 5.41) is 10.6. The molecule has 0 spiro atoms. The highest BCUT2D eigenvalue weighted by Crippen LogP contribution is 2.30. The Kier molecular flexibility index (Phi) is 4.26. The van der Waals surface area contributed by atoms with Crippen LogP contribution in [-0.2, 0) is 6.42 Å². The summed E-state index contributed by atoms with van der Waals surface area (Å²) in [6, 6.07) is 5.89. The third-order valence-corrected chi connectivity index (χ3v) is 3.35. The summed E-state index contributed by atoms with van der Waals surface area (Å²) in [4.78, 5) is 3.98. The van der Waals surface area contributed by atoms with E-state index in [-0.39, 0.29) is 10.4 Å². The van der Waals surface area contributed by atoms with Gasteiger partial charge in [-0.05, 0) is 35.7 Å². The fraction of sp³-hybridized carbons (Fsp3) is 0.308. The molecule has 3 rings (SSSR count). The molecule has 0 saturated carbocycles. The van der Waals surface area contributed by atoms with Gasteiger partial charge in [-0.3, -0.25) is 0 Å².